The summed E-state index contributed by atoms with van der Waals surface area (Å²) in [7, 11) is 4.56. The number of hydrogen-bond donors (Lipinski definition) is 0. The van der Waals surface area contributed by atoms with Crippen molar-refractivity contribution in [3.8, 4) is 23.0 Å². The van der Waals surface area contributed by atoms with Crippen LogP contribution in [0, 0.1) is 0 Å². The zero-order chi connectivity index (χ0) is 21.5. The summed E-state index contributed by atoms with van der Waals surface area (Å²) in [5.74, 6) is 0.598. The van der Waals surface area contributed by atoms with Gasteiger partial charge >= 0.3 is 5.97 Å². The summed E-state index contributed by atoms with van der Waals surface area (Å²) in [4.78, 5) is 25.0. The fraction of sp³-hybridized carbons (Fsp3) is 0.130. The van der Waals surface area contributed by atoms with Crippen molar-refractivity contribution in [2.75, 3.05) is 21.3 Å². The summed E-state index contributed by atoms with van der Waals surface area (Å²) in [5.41, 5.74) is 0.941. The van der Waals surface area contributed by atoms with Gasteiger partial charge in [0, 0.05) is 6.07 Å². The Balaban J connectivity index is 1.86. The smallest absolute Gasteiger partial charge is 0.379 e. The maximum atomic E-state index is 12.8. The van der Waals surface area contributed by atoms with Crippen molar-refractivity contribution >= 4 is 17.8 Å². The highest BCUT2D eigenvalue weighted by molar-refractivity contribution is 6.09. The van der Waals surface area contributed by atoms with Crippen LogP contribution in [0.3, 0.4) is 0 Å². The van der Waals surface area contributed by atoms with Crippen LogP contribution in [0.1, 0.15) is 26.5 Å². The molecule has 0 saturated carbocycles. The first-order valence-corrected chi connectivity index (χ1v) is 8.94. The van der Waals surface area contributed by atoms with Gasteiger partial charge < -0.3 is 23.4 Å². The Morgan fingerprint density at radius 1 is 0.867 bits per heavy atom. The van der Waals surface area contributed by atoms with Crippen LogP contribution in [0.15, 0.2) is 65.3 Å². The molecule has 30 heavy (non-hydrogen) atoms. The van der Waals surface area contributed by atoms with Crippen molar-refractivity contribution in [2.45, 2.75) is 0 Å². The van der Waals surface area contributed by atoms with Crippen LogP contribution in [0.25, 0.3) is 6.08 Å². The Morgan fingerprint density at radius 3 is 2.33 bits per heavy atom. The molecule has 0 N–H and O–H groups in total. The quantitative estimate of drug-likeness (QED) is 0.236. The van der Waals surface area contributed by atoms with Gasteiger partial charge in [-0.3, -0.25) is 4.79 Å². The van der Waals surface area contributed by atoms with Crippen LogP contribution in [0.5, 0.6) is 23.0 Å². The molecule has 2 aromatic carbocycles. The van der Waals surface area contributed by atoms with Gasteiger partial charge in [0.1, 0.15) is 11.5 Å². The molecule has 0 aliphatic heterocycles. The summed E-state index contributed by atoms with van der Waals surface area (Å²) in [6.45, 7) is 0. The molecule has 7 nitrogen and oxygen atoms in total. The number of allylic oxidation sites excluding steroid dienone is 1. The van der Waals surface area contributed by atoms with Crippen LogP contribution in [0.2, 0.25) is 0 Å². The minimum atomic E-state index is -0.717. The predicted molar refractivity (Wildman–Crippen MR) is 110 cm³/mol. The Bertz CT molecular complexity index is 1070. The number of methoxy groups -OCH3 is 3. The lowest BCUT2D eigenvalue weighted by Crippen LogP contribution is -2.10. The Kier molecular flexibility index (Phi) is 6.54. The van der Waals surface area contributed by atoms with Crippen LogP contribution in [-0.2, 0) is 0 Å². The van der Waals surface area contributed by atoms with Gasteiger partial charge in [0.25, 0.3) is 0 Å². The molecule has 0 amide bonds. The summed E-state index contributed by atoms with van der Waals surface area (Å²) in [6.07, 6.45) is 4.38. The third kappa shape index (κ3) is 4.70. The second-order valence-corrected chi connectivity index (χ2v) is 6.04. The van der Waals surface area contributed by atoms with E-state index in [0.29, 0.717) is 17.2 Å². The maximum Gasteiger partial charge on any atom is 0.379 e. The van der Waals surface area contributed by atoms with E-state index in [1.165, 1.54) is 44.8 Å². The molecule has 0 aliphatic carbocycles. The highest BCUT2D eigenvalue weighted by atomic mass is 16.5. The topological polar surface area (TPSA) is 84.2 Å². The maximum absolute atomic E-state index is 12.8. The summed E-state index contributed by atoms with van der Waals surface area (Å²) >= 11 is 0. The molecule has 0 atom stereocenters. The predicted octanol–water partition coefficient (Wildman–Crippen LogP) is 4.42. The van der Waals surface area contributed by atoms with Crippen molar-refractivity contribution < 1.29 is 33.0 Å². The zero-order valence-corrected chi connectivity index (χ0v) is 16.7. The van der Waals surface area contributed by atoms with Crippen LogP contribution >= 0.6 is 0 Å². The van der Waals surface area contributed by atoms with E-state index in [9.17, 15) is 9.59 Å². The third-order valence-corrected chi connectivity index (χ3v) is 4.21. The summed E-state index contributed by atoms with van der Waals surface area (Å²) < 4.78 is 26.1. The first-order valence-electron chi connectivity index (χ1n) is 8.94. The normalized spacial score (nSPS) is 10.6. The number of carbonyl (C=O) groups excluding carboxylic acids is 2. The molecule has 3 rings (SSSR count). The summed E-state index contributed by atoms with van der Waals surface area (Å²) in [6, 6.07) is 12.9. The van der Waals surface area contributed by atoms with Crippen molar-refractivity contribution in [2.24, 2.45) is 0 Å². The van der Waals surface area contributed by atoms with Gasteiger partial charge in [-0.15, -0.1) is 0 Å². The molecule has 0 spiro atoms. The number of esters is 1. The molecule has 3 aromatic rings. The van der Waals surface area contributed by atoms with Crippen LogP contribution in [0.4, 0.5) is 0 Å². The van der Waals surface area contributed by atoms with Gasteiger partial charge in [0.15, 0.2) is 17.3 Å². The monoisotopic (exact) mass is 408 g/mol. The lowest BCUT2D eigenvalue weighted by molar-refractivity contribution is 0.0699. The van der Waals surface area contributed by atoms with E-state index in [0.717, 1.165) is 5.56 Å². The van der Waals surface area contributed by atoms with Crippen molar-refractivity contribution in [3.05, 3.63) is 77.8 Å². The highest BCUT2D eigenvalue weighted by Crippen LogP contribution is 2.29. The molecule has 0 fully saturated rings. The highest BCUT2D eigenvalue weighted by Gasteiger charge is 2.18. The van der Waals surface area contributed by atoms with Crippen molar-refractivity contribution in [1.82, 2.24) is 0 Å². The second-order valence-electron chi connectivity index (χ2n) is 6.04. The number of ether oxygens (including phenoxy) is 4. The number of rotatable bonds is 8. The molecule has 1 aromatic heterocycles. The molecular weight excluding hydrogens is 388 g/mol. The zero-order valence-electron chi connectivity index (χ0n) is 16.7. The fourth-order valence-electron chi connectivity index (χ4n) is 2.68. The van der Waals surface area contributed by atoms with E-state index in [2.05, 4.69) is 0 Å². The van der Waals surface area contributed by atoms with E-state index in [1.54, 1.807) is 43.5 Å². The molecule has 0 unspecified atom stereocenters. The number of furan rings is 1. The first kappa shape index (κ1) is 20.7. The van der Waals surface area contributed by atoms with E-state index in [4.69, 9.17) is 23.4 Å². The minimum Gasteiger partial charge on any atom is -0.497 e. The second kappa shape index (κ2) is 9.47. The van der Waals surface area contributed by atoms with Gasteiger partial charge in [0.05, 0.1) is 33.2 Å². The molecule has 0 radical (unpaired) electrons. The molecule has 7 heteroatoms. The number of benzene rings is 2. The lowest BCUT2D eigenvalue weighted by Gasteiger charge is -2.09. The molecule has 1 heterocycles. The summed E-state index contributed by atoms with van der Waals surface area (Å²) in [5, 5.41) is 0. The molecule has 154 valence electrons. The Hall–Kier alpha value is -4.00. The molecule has 0 aliphatic rings. The Morgan fingerprint density at radius 2 is 1.67 bits per heavy atom. The van der Waals surface area contributed by atoms with Crippen LogP contribution < -0.4 is 18.9 Å². The van der Waals surface area contributed by atoms with Gasteiger partial charge in [-0.05, 0) is 48.0 Å². The fourth-order valence-corrected chi connectivity index (χ4v) is 2.68. The Labute approximate surface area is 173 Å². The van der Waals surface area contributed by atoms with Gasteiger partial charge in [0.2, 0.25) is 5.76 Å². The standard InChI is InChI=1S/C23H20O7/c1-26-16-8-9-17(21(14-16)30-23(25)20-5-4-12-29-20)18(24)10-6-15-7-11-19(27-2)22(13-15)28-3/h4-14H,1-3H3. The van der Waals surface area contributed by atoms with Crippen molar-refractivity contribution in [3.63, 3.8) is 0 Å². The average molecular weight is 408 g/mol. The average Bonchev–Trinajstić information content (AvgIpc) is 3.32. The molecule has 0 bridgehead atoms. The van der Waals surface area contributed by atoms with Crippen molar-refractivity contribution in [1.29, 1.82) is 0 Å². The number of hydrogen-bond acceptors (Lipinski definition) is 7. The van der Waals surface area contributed by atoms with E-state index < -0.39 is 5.97 Å². The molecular formula is C23H20O7. The first-order chi connectivity index (χ1) is 14.5. The van der Waals surface area contributed by atoms with Crippen LogP contribution in [-0.4, -0.2) is 33.1 Å². The largest absolute Gasteiger partial charge is 0.497 e. The van der Waals surface area contributed by atoms with Gasteiger partial charge in [-0.1, -0.05) is 12.1 Å². The van der Waals surface area contributed by atoms with E-state index >= 15 is 0 Å². The SMILES string of the molecule is COc1ccc(C(=O)C=Cc2ccc(OC)c(OC)c2)c(OC(=O)c2ccco2)c1. The van der Waals surface area contributed by atoms with Gasteiger partial charge in [-0.25, -0.2) is 4.79 Å². The number of ketones is 1. The van der Waals surface area contributed by atoms with Gasteiger partial charge in [-0.2, -0.15) is 0 Å². The third-order valence-electron chi connectivity index (χ3n) is 4.21. The molecule has 0 saturated heterocycles. The van der Waals surface area contributed by atoms with E-state index in [1.807, 2.05) is 0 Å². The lowest BCUT2D eigenvalue weighted by atomic mass is 10.1. The minimum absolute atomic E-state index is 0.0251. The number of carbonyl (C=O) groups is 2. The van der Waals surface area contributed by atoms with E-state index in [-0.39, 0.29) is 22.9 Å².